The lowest BCUT2D eigenvalue weighted by Crippen LogP contribution is -2.59. The molecule has 1 aliphatic carbocycles. The molecule has 2 fully saturated rings. The van der Waals surface area contributed by atoms with Gasteiger partial charge in [-0.05, 0) is 61.3 Å². The van der Waals surface area contributed by atoms with Gasteiger partial charge in [-0.25, -0.2) is 4.79 Å². The lowest BCUT2D eigenvalue weighted by molar-refractivity contribution is -0.282. The van der Waals surface area contributed by atoms with Crippen molar-refractivity contribution in [3.8, 4) is 11.1 Å². The number of aliphatic hydroxyl groups is 2. The van der Waals surface area contributed by atoms with Crippen molar-refractivity contribution < 1.29 is 72.2 Å². The summed E-state index contributed by atoms with van der Waals surface area (Å²) in [6, 6.07) is 10.9. The van der Waals surface area contributed by atoms with Gasteiger partial charge in [0.1, 0.15) is 43.5 Å². The van der Waals surface area contributed by atoms with Gasteiger partial charge < -0.3 is 70.1 Å². The van der Waals surface area contributed by atoms with E-state index in [-0.39, 0.29) is 89.1 Å². The molecule has 10 atom stereocenters. The summed E-state index contributed by atoms with van der Waals surface area (Å²) in [5, 5.41) is 33.5. The molecule has 6 amide bonds. The number of ether oxygens (including phenoxy) is 6. The number of thiol groups is 1. The number of hydrogen-bond donors (Lipinski definition) is 8. The Morgan fingerprint density at radius 3 is 2.10 bits per heavy atom. The molecule has 0 aromatic heterocycles. The fraction of sp³-hybridized carbons (Fsp3) is 0.627. The van der Waals surface area contributed by atoms with Crippen molar-refractivity contribution in [2.75, 3.05) is 72.2 Å². The molecule has 2 aromatic carbocycles. The van der Waals surface area contributed by atoms with Crippen LogP contribution in [-0.2, 0) is 57.2 Å². The molecule has 73 heavy (non-hydrogen) atoms. The molecule has 0 saturated carbocycles. The standard InChI is InChI=1S/C51H74N6O15S/c1-29(2)43(56-47(63)38(28-73)55-51(66)71-25-37-35-15-9-7-13-33(35)34-14-8-10-16-36(34)37)49(65)57-20-11-17-39(57)48(64)54-32(5)46(62)53-31(4)40(58)18-12-21-68-23-24-69-22-19-52-42(59)27-70-26-41-30(3)44(60)45(61)50(67-6)72-41/h7-10,13-16,29-32,37-39,41,43-45,50,60-61,73H,11-12,17-28H2,1-6H3,(H,52,59)(H,53,62)(H,54,64)(H,55,66)(H,56,63)/t30-,31?,32?,38?,39?,41?,43?,44+,45?,50-/m1/s1. The molecule has 3 aliphatic rings. The van der Waals surface area contributed by atoms with Crippen molar-refractivity contribution in [3.63, 3.8) is 0 Å². The molecule has 404 valence electrons. The third-order valence-corrected chi connectivity index (χ3v) is 13.6. The second kappa shape index (κ2) is 29.0. The molecular weight excluding hydrogens is 969 g/mol. The Balaban J connectivity index is 0.941. The minimum Gasteiger partial charge on any atom is -0.449 e. The molecule has 2 aromatic rings. The molecule has 5 rings (SSSR count). The maximum absolute atomic E-state index is 14.0. The lowest BCUT2D eigenvalue weighted by Gasteiger charge is -2.40. The smallest absolute Gasteiger partial charge is 0.407 e. The number of likely N-dealkylation sites (tertiary alicyclic amines) is 1. The van der Waals surface area contributed by atoms with Crippen LogP contribution in [0.4, 0.5) is 4.79 Å². The van der Waals surface area contributed by atoms with Crippen molar-refractivity contribution in [1.82, 2.24) is 31.5 Å². The van der Waals surface area contributed by atoms with Gasteiger partial charge in [-0.1, -0.05) is 69.3 Å². The van der Waals surface area contributed by atoms with Crippen LogP contribution in [0.3, 0.4) is 0 Å². The van der Waals surface area contributed by atoms with E-state index >= 15 is 0 Å². The van der Waals surface area contributed by atoms with E-state index in [9.17, 15) is 43.8 Å². The van der Waals surface area contributed by atoms with Crippen LogP contribution in [-0.4, -0.2) is 184 Å². The van der Waals surface area contributed by atoms with Gasteiger partial charge in [0, 0.05) is 50.8 Å². The zero-order valence-corrected chi connectivity index (χ0v) is 43.4. The summed E-state index contributed by atoms with van der Waals surface area (Å²) in [6.07, 6.45) is -3.23. The SMILES string of the molecule is CO[C@@H]1OC(COCC(=O)NCCOCCOCCCC(=O)C(C)NC(=O)C(C)NC(=O)C2CCCN2C(=O)C(NC(=O)C(CS)NC(=O)OCC2c3ccccc3-c3ccccc32)C(C)C)[C@@H](C)[C@H](O)C1O. The van der Waals surface area contributed by atoms with E-state index < -0.39 is 96.4 Å². The maximum atomic E-state index is 14.0. The largest absolute Gasteiger partial charge is 0.449 e. The fourth-order valence-corrected chi connectivity index (χ4v) is 9.20. The second-order valence-electron chi connectivity index (χ2n) is 18.9. The van der Waals surface area contributed by atoms with Crippen LogP contribution in [0.5, 0.6) is 0 Å². The number of fused-ring (bicyclic) bond motifs is 3. The molecule has 7 N–H and O–H groups in total. The van der Waals surface area contributed by atoms with E-state index in [4.69, 9.17) is 28.4 Å². The number of carbonyl (C=O) groups excluding carboxylic acids is 7. The average Bonchev–Trinajstić information content (AvgIpc) is 4.00. The van der Waals surface area contributed by atoms with Gasteiger partial charge in [-0.3, -0.25) is 28.8 Å². The van der Waals surface area contributed by atoms with Crippen LogP contribution in [0.1, 0.15) is 77.3 Å². The van der Waals surface area contributed by atoms with Crippen LogP contribution in [0, 0.1) is 11.8 Å². The number of nitrogens with zero attached hydrogens (tertiary/aromatic N) is 1. The molecule has 21 nitrogen and oxygen atoms in total. The first-order valence-corrected chi connectivity index (χ1v) is 25.6. The molecular formula is C51H74N6O15S. The molecule has 22 heteroatoms. The quantitative estimate of drug-likeness (QED) is 0.0440. The van der Waals surface area contributed by atoms with Crippen LogP contribution in [0.15, 0.2) is 48.5 Å². The molecule has 2 saturated heterocycles. The number of amides is 6. The first kappa shape index (κ1) is 58.7. The van der Waals surface area contributed by atoms with Gasteiger partial charge in [0.25, 0.3) is 0 Å². The number of alkyl carbamates (subject to hydrolysis) is 1. The highest BCUT2D eigenvalue weighted by Crippen LogP contribution is 2.44. The Bertz CT molecular complexity index is 2140. The number of aliphatic hydroxyl groups excluding tert-OH is 2. The number of Topliss-reactive ketones (excluding diaryl/α,β-unsaturated/α-hetero) is 1. The minimum absolute atomic E-state index is 0.0259. The van der Waals surface area contributed by atoms with Crippen molar-refractivity contribution in [2.45, 2.75) is 121 Å². The third-order valence-electron chi connectivity index (χ3n) is 13.3. The van der Waals surface area contributed by atoms with Crippen LogP contribution in [0.2, 0.25) is 0 Å². The Morgan fingerprint density at radius 1 is 0.795 bits per heavy atom. The summed E-state index contributed by atoms with van der Waals surface area (Å²) in [6.45, 7) is 9.60. The monoisotopic (exact) mass is 1040 g/mol. The Morgan fingerprint density at radius 2 is 1.45 bits per heavy atom. The summed E-state index contributed by atoms with van der Waals surface area (Å²) < 4.78 is 32.7. The zero-order chi connectivity index (χ0) is 53.2. The molecule has 0 radical (unpaired) electrons. The Hall–Kier alpha value is -5.20. The van der Waals surface area contributed by atoms with Gasteiger partial charge in [0.2, 0.25) is 29.5 Å². The number of methoxy groups -OCH3 is 1. The highest BCUT2D eigenvalue weighted by atomic mass is 32.1. The maximum Gasteiger partial charge on any atom is 0.407 e. The predicted molar refractivity (Wildman–Crippen MR) is 269 cm³/mol. The highest BCUT2D eigenvalue weighted by Gasteiger charge is 2.43. The fourth-order valence-electron chi connectivity index (χ4n) is 8.94. The topological polar surface area (TPSA) is 279 Å². The van der Waals surface area contributed by atoms with E-state index in [1.807, 2.05) is 48.5 Å². The van der Waals surface area contributed by atoms with Crippen molar-refractivity contribution in [1.29, 1.82) is 0 Å². The predicted octanol–water partition coefficient (Wildman–Crippen LogP) is 1.21. The number of carbonyl (C=O) groups is 7. The molecule has 0 spiro atoms. The second-order valence-corrected chi connectivity index (χ2v) is 19.2. The molecule has 2 aliphatic heterocycles. The molecule has 2 heterocycles. The Kier molecular flexibility index (Phi) is 23.3. The summed E-state index contributed by atoms with van der Waals surface area (Å²) in [5.74, 6) is -3.94. The summed E-state index contributed by atoms with van der Waals surface area (Å²) >= 11 is 4.29. The van der Waals surface area contributed by atoms with E-state index in [1.54, 1.807) is 27.7 Å². The third kappa shape index (κ3) is 16.4. The molecule has 7 unspecified atom stereocenters. The summed E-state index contributed by atoms with van der Waals surface area (Å²) in [4.78, 5) is 93.6. The normalized spacial score (nSPS) is 22.0. The van der Waals surface area contributed by atoms with Crippen molar-refractivity contribution in [2.24, 2.45) is 11.8 Å². The van der Waals surface area contributed by atoms with Gasteiger partial charge in [0.05, 0.1) is 44.7 Å². The number of nitrogens with one attached hydrogen (secondary N) is 5. The van der Waals surface area contributed by atoms with Crippen molar-refractivity contribution in [3.05, 3.63) is 59.7 Å². The Labute approximate surface area is 432 Å². The van der Waals surface area contributed by atoms with E-state index in [0.717, 1.165) is 22.3 Å². The average molecular weight is 1040 g/mol. The van der Waals surface area contributed by atoms with Gasteiger partial charge in [-0.15, -0.1) is 0 Å². The first-order chi connectivity index (χ1) is 35.0. The zero-order valence-electron chi connectivity index (χ0n) is 42.5. The number of benzene rings is 2. The minimum atomic E-state index is -1.18. The van der Waals surface area contributed by atoms with E-state index in [0.29, 0.717) is 19.3 Å². The van der Waals surface area contributed by atoms with E-state index in [1.165, 1.54) is 18.9 Å². The van der Waals surface area contributed by atoms with Gasteiger partial charge in [-0.2, -0.15) is 12.6 Å². The summed E-state index contributed by atoms with van der Waals surface area (Å²) in [7, 11) is 1.36. The number of rotatable bonds is 28. The number of ketones is 1. The van der Waals surface area contributed by atoms with Crippen molar-refractivity contribution >= 4 is 54.0 Å². The van der Waals surface area contributed by atoms with Gasteiger partial charge >= 0.3 is 6.09 Å². The number of hydrogen-bond acceptors (Lipinski definition) is 16. The van der Waals surface area contributed by atoms with Crippen LogP contribution < -0.4 is 26.6 Å². The van der Waals surface area contributed by atoms with Crippen LogP contribution >= 0.6 is 12.6 Å². The van der Waals surface area contributed by atoms with Gasteiger partial charge in [0.15, 0.2) is 12.1 Å². The van der Waals surface area contributed by atoms with E-state index in [2.05, 4.69) is 39.2 Å². The summed E-state index contributed by atoms with van der Waals surface area (Å²) in [5.41, 5.74) is 4.23. The van der Waals surface area contributed by atoms with Crippen LogP contribution in [0.25, 0.3) is 11.1 Å². The molecule has 0 bridgehead atoms. The lowest BCUT2D eigenvalue weighted by atomic mass is 9.91. The highest BCUT2D eigenvalue weighted by molar-refractivity contribution is 7.80. The first-order valence-electron chi connectivity index (χ1n) is 25.0.